The molecule has 2 aliphatic heterocycles. The molecule has 1 saturated heterocycles. The lowest BCUT2D eigenvalue weighted by Crippen LogP contribution is -2.54. The van der Waals surface area contributed by atoms with Crippen LogP contribution >= 0.6 is 0 Å². The van der Waals surface area contributed by atoms with Crippen molar-refractivity contribution >= 4 is 24.2 Å². The van der Waals surface area contributed by atoms with Crippen molar-refractivity contribution in [1.82, 2.24) is 30.4 Å². The van der Waals surface area contributed by atoms with Crippen LogP contribution in [0.2, 0.25) is 0 Å². The second-order valence-electron chi connectivity index (χ2n) is 13.8. The van der Waals surface area contributed by atoms with Gasteiger partial charge in [-0.3, -0.25) is 9.52 Å². The van der Waals surface area contributed by atoms with E-state index >= 15 is 0 Å². The summed E-state index contributed by atoms with van der Waals surface area (Å²) in [4.78, 5) is 58.6. The zero-order chi connectivity index (χ0) is 33.3. The Morgan fingerprint density at radius 2 is 1.67 bits per heavy atom. The van der Waals surface area contributed by atoms with Crippen molar-refractivity contribution in [2.75, 3.05) is 6.54 Å². The first-order valence-corrected chi connectivity index (χ1v) is 14.9. The number of esters is 1. The number of carboxylic acid groups (broad SMARTS) is 1. The van der Waals surface area contributed by atoms with Gasteiger partial charge in [-0.1, -0.05) is 30.3 Å². The maximum Gasteiger partial charge on any atom is 0.408 e. The maximum atomic E-state index is 13.6. The van der Waals surface area contributed by atoms with Crippen molar-refractivity contribution in [3.05, 3.63) is 53.3 Å². The molecule has 0 saturated carbocycles. The molecule has 2 aliphatic rings. The molecule has 2 unspecified atom stereocenters. The van der Waals surface area contributed by atoms with Gasteiger partial charge in [-0.15, -0.1) is 0 Å². The van der Waals surface area contributed by atoms with Crippen LogP contribution in [0.3, 0.4) is 0 Å². The van der Waals surface area contributed by atoms with E-state index in [-0.39, 0.29) is 26.1 Å². The van der Waals surface area contributed by atoms with Crippen LogP contribution in [0.5, 0.6) is 0 Å². The van der Waals surface area contributed by atoms with E-state index in [1.165, 1.54) is 5.06 Å². The number of urea groups is 1. The number of aryl methyl sites for hydroxylation is 1. The maximum absolute atomic E-state index is 13.6. The molecule has 14 nitrogen and oxygen atoms in total. The van der Waals surface area contributed by atoms with Gasteiger partial charge in [0.25, 0.3) is 0 Å². The highest BCUT2D eigenvalue weighted by Gasteiger charge is 2.55. The van der Waals surface area contributed by atoms with Gasteiger partial charge in [-0.2, -0.15) is 10.2 Å². The van der Waals surface area contributed by atoms with E-state index in [4.69, 9.17) is 19.4 Å². The largest absolute Gasteiger partial charge is 0.465 e. The molecule has 0 spiro atoms. The molecular weight excluding hydrogens is 584 g/mol. The molecule has 1 aromatic heterocycles. The summed E-state index contributed by atoms with van der Waals surface area (Å²) >= 11 is 0. The number of nitrogens with zero attached hydrogens (tertiary/aromatic N) is 4. The number of nitrogens with one attached hydrogen (secondary N) is 2. The number of amides is 4. The Labute approximate surface area is 262 Å². The molecule has 4 amide bonds. The predicted octanol–water partition coefficient (Wildman–Crippen LogP) is 4.52. The highest BCUT2D eigenvalue weighted by molar-refractivity contribution is 5.81. The number of benzene rings is 1. The molecule has 4 rings (SSSR count). The third-order valence-electron chi connectivity index (χ3n) is 7.19. The van der Waals surface area contributed by atoms with Gasteiger partial charge >= 0.3 is 24.2 Å². The Morgan fingerprint density at radius 1 is 1.02 bits per heavy atom. The number of hydroxylamine groups is 2. The van der Waals surface area contributed by atoms with E-state index in [9.17, 15) is 24.3 Å². The summed E-state index contributed by atoms with van der Waals surface area (Å²) < 4.78 is 12.6. The van der Waals surface area contributed by atoms with Gasteiger partial charge < -0.3 is 30.1 Å². The van der Waals surface area contributed by atoms with Crippen LogP contribution in [0.4, 0.5) is 14.4 Å². The lowest BCUT2D eigenvalue weighted by atomic mass is 9.85. The summed E-state index contributed by atoms with van der Waals surface area (Å²) in [6.45, 7) is 14.4. The number of fused-ring (bicyclic) bond motifs is 4. The van der Waals surface area contributed by atoms with Crippen LogP contribution in [-0.2, 0) is 32.3 Å². The van der Waals surface area contributed by atoms with Gasteiger partial charge in [-0.05, 0) is 67.4 Å². The molecule has 3 heterocycles. The zero-order valence-electron chi connectivity index (χ0n) is 27.1. The molecule has 246 valence electrons. The van der Waals surface area contributed by atoms with E-state index in [1.807, 2.05) is 30.3 Å². The van der Waals surface area contributed by atoms with Crippen molar-refractivity contribution in [2.24, 2.45) is 0 Å². The van der Waals surface area contributed by atoms with Crippen molar-refractivity contribution in [3.8, 4) is 0 Å². The van der Waals surface area contributed by atoms with E-state index in [2.05, 4.69) is 10.6 Å². The molecule has 2 bridgehead atoms. The molecule has 3 N–H and O–H groups in total. The van der Waals surface area contributed by atoms with Crippen molar-refractivity contribution in [2.45, 2.75) is 110 Å². The van der Waals surface area contributed by atoms with Gasteiger partial charge in [0.2, 0.25) is 0 Å². The molecule has 0 radical (unpaired) electrons. The second kappa shape index (κ2) is 12.6. The van der Waals surface area contributed by atoms with Gasteiger partial charge in [0, 0.05) is 18.3 Å². The number of hydrogen-bond acceptors (Lipinski definition) is 8. The minimum atomic E-state index is -1.24. The highest BCUT2D eigenvalue weighted by atomic mass is 16.7. The zero-order valence-corrected chi connectivity index (χ0v) is 27.1. The van der Waals surface area contributed by atoms with Crippen LogP contribution in [0.25, 0.3) is 0 Å². The van der Waals surface area contributed by atoms with E-state index < -0.39 is 59.1 Å². The van der Waals surface area contributed by atoms with E-state index in [1.54, 1.807) is 71.2 Å². The Balaban J connectivity index is 1.62. The van der Waals surface area contributed by atoms with Crippen molar-refractivity contribution in [3.63, 3.8) is 0 Å². The van der Waals surface area contributed by atoms with Gasteiger partial charge in [0.1, 0.15) is 35.9 Å². The normalized spacial score (nSPS) is 18.7. The Morgan fingerprint density at radius 3 is 2.27 bits per heavy atom. The van der Waals surface area contributed by atoms with E-state index in [0.717, 1.165) is 5.56 Å². The third kappa shape index (κ3) is 8.24. The summed E-state index contributed by atoms with van der Waals surface area (Å²) in [5, 5.41) is 20.9. The number of alkyl carbamates (subject to hydrolysis) is 1. The van der Waals surface area contributed by atoms with Gasteiger partial charge in [-0.25, -0.2) is 19.2 Å². The van der Waals surface area contributed by atoms with E-state index in [0.29, 0.717) is 11.3 Å². The quantitative estimate of drug-likeness (QED) is 0.321. The number of rotatable bonds is 10. The average molecular weight is 629 g/mol. The summed E-state index contributed by atoms with van der Waals surface area (Å²) in [5.41, 5.74) is -0.576. The van der Waals surface area contributed by atoms with Crippen molar-refractivity contribution in [1.29, 1.82) is 0 Å². The highest BCUT2D eigenvalue weighted by Crippen LogP contribution is 2.47. The fraction of sp³-hybridized carbons (Fsp3) is 0.581. The van der Waals surface area contributed by atoms with Crippen LogP contribution in [0.1, 0.15) is 90.7 Å². The number of carbonyl (C=O) groups is 4. The number of aromatic nitrogens is 2. The minimum absolute atomic E-state index is 0.123. The topological polar surface area (TPSA) is 165 Å². The lowest BCUT2D eigenvalue weighted by molar-refractivity contribution is -0.157. The number of ether oxygens (including phenoxy) is 2. The summed E-state index contributed by atoms with van der Waals surface area (Å²) in [5.74, 6) is -0.619. The van der Waals surface area contributed by atoms with Crippen LogP contribution in [0, 0.1) is 0 Å². The molecule has 14 heteroatoms. The molecular formula is C31H44N6O8. The Hall–Kier alpha value is -4.33. The Bertz CT molecular complexity index is 1410. The predicted molar refractivity (Wildman–Crippen MR) is 162 cm³/mol. The number of hydrogen-bond donors (Lipinski definition) is 3. The van der Waals surface area contributed by atoms with Crippen molar-refractivity contribution < 1.29 is 38.6 Å². The first kappa shape index (κ1) is 33.6. The van der Waals surface area contributed by atoms with Gasteiger partial charge in [0.15, 0.2) is 0 Å². The fourth-order valence-corrected chi connectivity index (χ4v) is 5.49. The van der Waals surface area contributed by atoms with Crippen LogP contribution in [-0.4, -0.2) is 78.4 Å². The minimum Gasteiger partial charge on any atom is -0.465 e. The first-order chi connectivity index (χ1) is 20.8. The molecule has 0 aliphatic carbocycles. The lowest BCUT2D eigenvalue weighted by Gasteiger charge is -2.40. The molecule has 3 atom stereocenters. The van der Waals surface area contributed by atoms with Crippen LogP contribution in [0.15, 0.2) is 36.5 Å². The molecule has 45 heavy (non-hydrogen) atoms. The SMILES string of the molecule is CC(C)(C)OC(=O)NC(CCn1cc2c(n1)C(C(C)(C)NC(=O)O)N1C[C@H]2N(OCc2ccccc2)C1=O)C(=O)OC(C)(C)C. The summed E-state index contributed by atoms with van der Waals surface area (Å²) in [6, 6.07) is 6.77. The fourth-order valence-electron chi connectivity index (χ4n) is 5.49. The Kier molecular flexibility index (Phi) is 9.38. The monoisotopic (exact) mass is 628 g/mol. The molecule has 1 fully saturated rings. The second-order valence-corrected chi connectivity index (χ2v) is 13.8. The summed E-state index contributed by atoms with van der Waals surface area (Å²) in [7, 11) is 0. The average Bonchev–Trinajstić information content (AvgIpc) is 3.43. The first-order valence-electron chi connectivity index (χ1n) is 14.9. The molecule has 2 aromatic rings. The smallest absolute Gasteiger partial charge is 0.408 e. The number of carbonyl (C=O) groups excluding carboxylic acids is 3. The van der Waals surface area contributed by atoms with Crippen LogP contribution < -0.4 is 10.6 Å². The summed E-state index contributed by atoms with van der Waals surface area (Å²) in [6.07, 6.45) is -0.0921. The standard InChI is InChI=1S/C31H44N6O8/c1-29(2,3)44-25(38)21(32-27(41)45-30(4,5)6)14-15-35-16-20-22-17-36(24(23(20)34-35)31(7,8)33-26(39)40)28(42)37(22)43-18-19-12-10-9-11-13-19/h9-13,16,21-22,24,33H,14-15,17-18H2,1-8H3,(H,32,41)(H,39,40)/t21?,22-,24?/m1/s1. The molecule has 1 aromatic carbocycles. The van der Waals surface area contributed by atoms with Gasteiger partial charge in [0.05, 0.1) is 17.8 Å². The third-order valence-corrected chi connectivity index (χ3v) is 7.19.